The molecule has 0 spiro atoms. The molecule has 1 fully saturated rings. The van der Waals surface area contributed by atoms with Gasteiger partial charge in [0.2, 0.25) is 0 Å². The number of nitrogens with two attached hydrogens (primary N) is 1. The Morgan fingerprint density at radius 3 is 2.74 bits per heavy atom. The van der Waals surface area contributed by atoms with Crippen molar-refractivity contribution in [3.05, 3.63) is 18.0 Å². The summed E-state index contributed by atoms with van der Waals surface area (Å²) in [6, 6.07) is 2.29. The number of hydrogen-bond donors (Lipinski definition) is 1. The molecule has 0 aliphatic heterocycles. The van der Waals surface area contributed by atoms with E-state index in [1.54, 1.807) is 0 Å². The molecule has 0 amide bonds. The normalized spacial score (nSPS) is 18.4. The van der Waals surface area contributed by atoms with Gasteiger partial charge < -0.3 is 10.5 Å². The zero-order chi connectivity index (χ0) is 14.0. The van der Waals surface area contributed by atoms with Crippen LogP contribution in [0.1, 0.15) is 38.4 Å². The fourth-order valence-corrected chi connectivity index (χ4v) is 2.63. The third-order valence-electron chi connectivity index (χ3n) is 4.00. The fraction of sp³-hybridized carbons (Fsp3) is 0.714. The Bertz CT molecular complexity index is 451. The van der Waals surface area contributed by atoms with Crippen molar-refractivity contribution >= 4 is 5.97 Å². The van der Waals surface area contributed by atoms with Gasteiger partial charge in [-0.15, -0.1) is 0 Å². The molecular formula is C14H23N3O2. The molecule has 1 aliphatic rings. The maximum absolute atomic E-state index is 12.2. The molecule has 19 heavy (non-hydrogen) atoms. The summed E-state index contributed by atoms with van der Waals surface area (Å²) in [6.45, 7) is 4.47. The van der Waals surface area contributed by atoms with Gasteiger partial charge in [-0.3, -0.25) is 9.48 Å². The number of carbonyl (C=O) groups excluding carboxylic acids is 1. The minimum Gasteiger partial charge on any atom is -0.469 e. The Hall–Kier alpha value is -1.36. The molecule has 0 bridgehead atoms. The van der Waals surface area contributed by atoms with Crippen LogP contribution in [0.25, 0.3) is 0 Å². The Morgan fingerprint density at radius 1 is 1.63 bits per heavy atom. The maximum atomic E-state index is 12.2. The number of nitrogens with zero attached hydrogens (tertiary/aromatic N) is 2. The SMILES string of the molecule is COC(=O)C(CN)(Cc1ccn(C(C)C)n1)C1CC1. The van der Waals surface area contributed by atoms with Crippen LogP contribution in [0.15, 0.2) is 12.3 Å². The maximum Gasteiger partial charge on any atom is 0.313 e. The van der Waals surface area contributed by atoms with Gasteiger partial charge in [0.05, 0.1) is 18.2 Å². The number of ether oxygens (including phenoxy) is 1. The number of methoxy groups -OCH3 is 1. The standard InChI is InChI=1S/C14H23N3O2/c1-10(2)17-7-6-12(16-17)8-14(9-15,11-4-5-11)13(18)19-3/h6-7,10-11H,4-5,8-9,15H2,1-3H3. The van der Waals surface area contributed by atoms with Crippen molar-refractivity contribution in [1.29, 1.82) is 0 Å². The van der Waals surface area contributed by atoms with Gasteiger partial charge in [0.25, 0.3) is 0 Å². The molecule has 0 saturated heterocycles. The molecular weight excluding hydrogens is 242 g/mol. The topological polar surface area (TPSA) is 70.1 Å². The molecule has 1 saturated carbocycles. The summed E-state index contributed by atoms with van der Waals surface area (Å²) < 4.78 is 6.88. The van der Waals surface area contributed by atoms with Crippen molar-refractivity contribution in [1.82, 2.24) is 9.78 Å². The highest BCUT2D eigenvalue weighted by molar-refractivity contribution is 5.78. The number of aromatic nitrogens is 2. The first-order chi connectivity index (χ1) is 9.03. The van der Waals surface area contributed by atoms with Gasteiger partial charge in [0.1, 0.15) is 0 Å². The summed E-state index contributed by atoms with van der Waals surface area (Å²) >= 11 is 0. The summed E-state index contributed by atoms with van der Waals surface area (Å²) in [5, 5.41) is 4.52. The summed E-state index contributed by atoms with van der Waals surface area (Å²) in [7, 11) is 1.43. The highest BCUT2D eigenvalue weighted by Gasteiger charge is 2.51. The van der Waals surface area contributed by atoms with Crippen molar-refractivity contribution in [2.75, 3.05) is 13.7 Å². The quantitative estimate of drug-likeness (QED) is 0.792. The zero-order valence-corrected chi connectivity index (χ0v) is 11.9. The van der Waals surface area contributed by atoms with Crippen LogP contribution in [0.3, 0.4) is 0 Å². The highest BCUT2D eigenvalue weighted by Crippen LogP contribution is 2.47. The van der Waals surface area contributed by atoms with Crippen LogP contribution in [0, 0.1) is 11.3 Å². The smallest absolute Gasteiger partial charge is 0.313 e. The minimum atomic E-state index is -0.592. The van der Waals surface area contributed by atoms with E-state index in [4.69, 9.17) is 10.5 Å². The molecule has 1 aromatic heterocycles. The molecule has 2 N–H and O–H groups in total. The zero-order valence-electron chi connectivity index (χ0n) is 11.9. The van der Waals surface area contributed by atoms with Gasteiger partial charge in [-0.05, 0) is 38.7 Å². The number of carbonyl (C=O) groups is 1. The Balaban J connectivity index is 2.21. The van der Waals surface area contributed by atoms with E-state index in [0.717, 1.165) is 18.5 Å². The van der Waals surface area contributed by atoms with Gasteiger partial charge in [0.15, 0.2) is 0 Å². The van der Waals surface area contributed by atoms with E-state index < -0.39 is 5.41 Å². The average molecular weight is 265 g/mol. The summed E-state index contributed by atoms with van der Waals surface area (Å²) in [6.07, 6.45) is 4.63. The lowest BCUT2D eigenvalue weighted by molar-refractivity contribution is -0.153. The molecule has 5 heteroatoms. The third kappa shape index (κ3) is 2.66. The first-order valence-electron chi connectivity index (χ1n) is 6.86. The van der Waals surface area contributed by atoms with Crippen molar-refractivity contribution < 1.29 is 9.53 Å². The second kappa shape index (κ2) is 5.33. The summed E-state index contributed by atoms with van der Waals surface area (Å²) in [4.78, 5) is 12.2. The lowest BCUT2D eigenvalue weighted by Crippen LogP contribution is -2.43. The fourth-order valence-electron chi connectivity index (χ4n) is 2.63. The van der Waals surface area contributed by atoms with Gasteiger partial charge in [-0.2, -0.15) is 5.10 Å². The third-order valence-corrected chi connectivity index (χ3v) is 4.00. The molecule has 5 nitrogen and oxygen atoms in total. The predicted octanol–water partition coefficient (Wildman–Crippen LogP) is 1.53. The van der Waals surface area contributed by atoms with Crippen LogP contribution >= 0.6 is 0 Å². The van der Waals surface area contributed by atoms with Gasteiger partial charge in [-0.1, -0.05) is 0 Å². The first kappa shape index (κ1) is 14.1. The number of esters is 1. The van der Waals surface area contributed by atoms with Gasteiger partial charge in [-0.25, -0.2) is 0 Å². The molecule has 1 aliphatic carbocycles. The van der Waals surface area contributed by atoms with E-state index in [1.807, 2.05) is 16.9 Å². The van der Waals surface area contributed by atoms with Crippen molar-refractivity contribution in [3.8, 4) is 0 Å². The van der Waals surface area contributed by atoms with E-state index in [9.17, 15) is 4.79 Å². The second-order valence-corrected chi connectivity index (χ2v) is 5.68. The van der Waals surface area contributed by atoms with E-state index in [-0.39, 0.29) is 5.97 Å². The largest absolute Gasteiger partial charge is 0.469 e. The average Bonchev–Trinajstić information content (AvgIpc) is 3.15. The molecule has 1 unspecified atom stereocenters. The Labute approximate surface area is 114 Å². The molecule has 1 heterocycles. The molecule has 0 aromatic carbocycles. The predicted molar refractivity (Wildman–Crippen MR) is 72.5 cm³/mol. The second-order valence-electron chi connectivity index (χ2n) is 5.68. The van der Waals surface area contributed by atoms with E-state index >= 15 is 0 Å². The van der Waals surface area contributed by atoms with Crippen molar-refractivity contribution in [2.24, 2.45) is 17.1 Å². The molecule has 1 aromatic rings. The highest BCUT2D eigenvalue weighted by atomic mass is 16.5. The van der Waals surface area contributed by atoms with Crippen LogP contribution in [0.2, 0.25) is 0 Å². The monoisotopic (exact) mass is 265 g/mol. The molecule has 2 rings (SSSR count). The number of hydrogen-bond acceptors (Lipinski definition) is 4. The van der Waals surface area contributed by atoms with E-state index in [0.29, 0.717) is 24.9 Å². The van der Waals surface area contributed by atoms with Crippen molar-refractivity contribution in [2.45, 2.75) is 39.2 Å². The van der Waals surface area contributed by atoms with Crippen molar-refractivity contribution in [3.63, 3.8) is 0 Å². The van der Waals surface area contributed by atoms with Crippen LogP contribution in [0.5, 0.6) is 0 Å². The van der Waals surface area contributed by atoms with Gasteiger partial charge in [0, 0.05) is 25.2 Å². The van der Waals surface area contributed by atoms with Crippen LogP contribution in [0.4, 0.5) is 0 Å². The summed E-state index contributed by atoms with van der Waals surface area (Å²) in [5.74, 6) is 0.144. The number of rotatable bonds is 6. The first-order valence-corrected chi connectivity index (χ1v) is 6.86. The van der Waals surface area contributed by atoms with Crippen LogP contribution in [-0.4, -0.2) is 29.4 Å². The van der Waals surface area contributed by atoms with Gasteiger partial charge >= 0.3 is 5.97 Å². The molecule has 1 atom stereocenters. The van der Waals surface area contributed by atoms with E-state index in [1.165, 1.54) is 7.11 Å². The molecule has 0 radical (unpaired) electrons. The minimum absolute atomic E-state index is 0.198. The lowest BCUT2D eigenvalue weighted by atomic mass is 9.78. The Morgan fingerprint density at radius 2 is 2.32 bits per heavy atom. The lowest BCUT2D eigenvalue weighted by Gasteiger charge is -2.28. The van der Waals surface area contributed by atoms with E-state index in [2.05, 4.69) is 18.9 Å². The van der Waals surface area contributed by atoms with Crippen LogP contribution in [-0.2, 0) is 16.0 Å². The summed E-state index contributed by atoms with van der Waals surface area (Å²) in [5.41, 5.74) is 6.23. The van der Waals surface area contributed by atoms with Crippen LogP contribution < -0.4 is 5.73 Å². The Kier molecular flexibility index (Phi) is 3.94. The molecule has 106 valence electrons.